The number of nitrogens with one attached hydrogen (secondary N) is 1. The molecule has 6 heteroatoms. The molecule has 0 aliphatic carbocycles. The first kappa shape index (κ1) is 16.3. The molecule has 0 aromatic heterocycles. The Morgan fingerprint density at radius 3 is 2.74 bits per heavy atom. The molecule has 5 nitrogen and oxygen atoms in total. The normalized spacial score (nSPS) is 23.8. The van der Waals surface area contributed by atoms with Crippen molar-refractivity contribution in [3.63, 3.8) is 0 Å². The lowest BCUT2D eigenvalue weighted by Gasteiger charge is -2.32. The second kappa shape index (κ2) is 6.49. The number of halogens is 1. The molecule has 2 aliphatic heterocycles. The topological polar surface area (TPSA) is 58.6 Å². The van der Waals surface area contributed by atoms with Gasteiger partial charge in [0.15, 0.2) is 0 Å². The molecule has 1 aromatic carbocycles. The summed E-state index contributed by atoms with van der Waals surface area (Å²) >= 11 is 6.17. The van der Waals surface area contributed by atoms with Gasteiger partial charge >= 0.3 is 0 Å². The molecule has 2 amide bonds. The van der Waals surface area contributed by atoms with E-state index in [0.29, 0.717) is 49.7 Å². The maximum atomic E-state index is 12.6. The molecule has 23 heavy (non-hydrogen) atoms. The highest BCUT2D eigenvalue weighted by atomic mass is 35.5. The maximum Gasteiger partial charge on any atom is 0.249 e. The molecule has 0 bridgehead atoms. The number of ether oxygens (including phenoxy) is 1. The Labute approximate surface area is 140 Å². The Hall–Kier alpha value is -1.59. The van der Waals surface area contributed by atoms with Crippen LogP contribution in [-0.4, -0.2) is 37.6 Å². The number of carbonyl (C=O) groups excluding carboxylic acids is 2. The average Bonchev–Trinajstić information content (AvgIpc) is 2.89. The molecule has 0 saturated carbocycles. The maximum absolute atomic E-state index is 12.6. The quantitative estimate of drug-likeness (QED) is 0.922. The highest BCUT2D eigenvalue weighted by molar-refractivity contribution is 6.34. The van der Waals surface area contributed by atoms with Gasteiger partial charge in [-0.3, -0.25) is 9.59 Å². The molecular weight excluding hydrogens is 316 g/mol. The third-order valence-electron chi connectivity index (χ3n) is 4.80. The lowest BCUT2D eigenvalue weighted by Crippen LogP contribution is -2.49. The van der Waals surface area contributed by atoms with Gasteiger partial charge in [-0.2, -0.15) is 0 Å². The summed E-state index contributed by atoms with van der Waals surface area (Å²) in [6, 6.07) is 6.79. The van der Waals surface area contributed by atoms with Crippen LogP contribution in [0.25, 0.3) is 0 Å². The van der Waals surface area contributed by atoms with Crippen molar-refractivity contribution in [1.82, 2.24) is 5.32 Å². The fourth-order valence-electron chi connectivity index (χ4n) is 3.11. The van der Waals surface area contributed by atoms with Crippen molar-refractivity contribution < 1.29 is 14.3 Å². The van der Waals surface area contributed by atoms with Gasteiger partial charge in [-0.15, -0.1) is 0 Å². The average molecular weight is 337 g/mol. The number of rotatable bonds is 3. The number of hydrogen-bond acceptors (Lipinski definition) is 3. The van der Waals surface area contributed by atoms with Gasteiger partial charge in [-0.1, -0.05) is 30.7 Å². The summed E-state index contributed by atoms with van der Waals surface area (Å²) in [6.45, 7) is 3.69. The molecule has 0 spiro atoms. The number of para-hydroxylation sites is 1. The van der Waals surface area contributed by atoms with Crippen LogP contribution in [0.2, 0.25) is 5.02 Å². The van der Waals surface area contributed by atoms with Crippen LogP contribution in [0.5, 0.6) is 0 Å². The van der Waals surface area contributed by atoms with Crippen LogP contribution in [0.1, 0.15) is 26.2 Å². The van der Waals surface area contributed by atoms with Crippen LogP contribution in [-0.2, 0) is 14.3 Å². The third kappa shape index (κ3) is 3.21. The first-order valence-electron chi connectivity index (χ1n) is 7.96. The minimum Gasteiger partial charge on any atom is -0.381 e. The van der Waals surface area contributed by atoms with Gasteiger partial charge < -0.3 is 15.0 Å². The van der Waals surface area contributed by atoms with Crippen molar-refractivity contribution in [2.24, 2.45) is 5.41 Å². The summed E-state index contributed by atoms with van der Waals surface area (Å²) in [5, 5.41) is 3.47. The van der Waals surface area contributed by atoms with Gasteiger partial charge in [-0.05, 0) is 31.4 Å². The summed E-state index contributed by atoms with van der Waals surface area (Å²) in [4.78, 5) is 26.8. The van der Waals surface area contributed by atoms with Crippen molar-refractivity contribution in [2.75, 3.05) is 24.7 Å². The molecule has 3 rings (SSSR count). The number of anilines is 1. The lowest BCUT2D eigenvalue weighted by molar-refractivity contribution is -0.137. The molecule has 2 aliphatic rings. The van der Waals surface area contributed by atoms with Gasteiger partial charge in [0.25, 0.3) is 0 Å². The van der Waals surface area contributed by atoms with Crippen molar-refractivity contribution in [2.45, 2.75) is 32.2 Å². The summed E-state index contributed by atoms with van der Waals surface area (Å²) in [6.07, 6.45) is 1.98. The van der Waals surface area contributed by atoms with Crippen molar-refractivity contribution >= 4 is 29.1 Å². The van der Waals surface area contributed by atoms with Gasteiger partial charge in [0.2, 0.25) is 11.8 Å². The van der Waals surface area contributed by atoms with Crippen LogP contribution >= 0.6 is 11.6 Å². The number of amides is 2. The van der Waals surface area contributed by atoms with Gasteiger partial charge in [0.05, 0.1) is 16.1 Å². The van der Waals surface area contributed by atoms with Gasteiger partial charge in [0, 0.05) is 19.8 Å². The standard InChI is InChI=1S/C17H21ClN2O3/c1-17(7-10-23-11-8-17)16(22)19-13-6-9-20(15(13)21)14-5-3-2-4-12(14)18/h2-5,13H,6-11H2,1H3,(H,19,22). The number of hydrogen-bond donors (Lipinski definition) is 1. The Balaban J connectivity index is 1.68. The molecule has 2 fully saturated rings. The smallest absolute Gasteiger partial charge is 0.249 e. The van der Waals surface area contributed by atoms with Crippen LogP contribution in [0.15, 0.2) is 24.3 Å². The molecule has 1 N–H and O–H groups in total. The minimum absolute atomic E-state index is 0.0554. The first-order valence-corrected chi connectivity index (χ1v) is 8.34. The number of carbonyl (C=O) groups is 2. The molecule has 1 aromatic rings. The Morgan fingerprint density at radius 1 is 1.35 bits per heavy atom. The lowest BCUT2D eigenvalue weighted by atomic mass is 9.81. The highest BCUT2D eigenvalue weighted by Crippen LogP contribution is 2.32. The van der Waals surface area contributed by atoms with E-state index >= 15 is 0 Å². The summed E-state index contributed by atoms with van der Waals surface area (Å²) < 4.78 is 5.32. The first-order chi connectivity index (χ1) is 11.0. The highest BCUT2D eigenvalue weighted by Gasteiger charge is 2.40. The zero-order valence-corrected chi connectivity index (χ0v) is 13.9. The SMILES string of the molecule is CC1(C(=O)NC2CCN(c3ccccc3Cl)C2=O)CCOCC1. The van der Waals surface area contributed by atoms with E-state index < -0.39 is 11.5 Å². The van der Waals surface area contributed by atoms with E-state index in [1.807, 2.05) is 25.1 Å². The van der Waals surface area contributed by atoms with E-state index in [1.54, 1.807) is 11.0 Å². The molecule has 2 heterocycles. The van der Waals surface area contributed by atoms with Crippen molar-refractivity contribution in [3.8, 4) is 0 Å². The Bertz CT molecular complexity index is 614. The van der Waals surface area contributed by atoms with Crippen LogP contribution in [0.3, 0.4) is 0 Å². The van der Waals surface area contributed by atoms with Crippen LogP contribution in [0.4, 0.5) is 5.69 Å². The van der Waals surface area contributed by atoms with Gasteiger partial charge in [-0.25, -0.2) is 0 Å². The minimum atomic E-state index is -0.474. The largest absolute Gasteiger partial charge is 0.381 e. The van der Waals surface area contributed by atoms with E-state index in [2.05, 4.69) is 5.32 Å². The zero-order valence-electron chi connectivity index (χ0n) is 13.2. The van der Waals surface area contributed by atoms with Crippen molar-refractivity contribution in [3.05, 3.63) is 29.3 Å². The fourth-order valence-corrected chi connectivity index (χ4v) is 3.34. The monoisotopic (exact) mass is 336 g/mol. The van der Waals surface area contributed by atoms with Gasteiger partial charge in [0.1, 0.15) is 6.04 Å². The molecule has 0 radical (unpaired) electrons. The Kier molecular flexibility index (Phi) is 4.60. The van der Waals surface area contributed by atoms with E-state index in [4.69, 9.17) is 16.3 Å². The molecule has 1 unspecified atom stereocenters. The van der Waals surface area contributed by atoms with Crippen LogP contribution in [0, 0.1) is 5.41 Å². The second-order valence-electron chi connectivity index (χ2n) is 6.43. The molecule has 2 saturated heterocycles. The predicted octanol–water partition coefficient (Wildman–Crippen LogP) is 2.38. The zero-order chi connectivity index (χ0) is 16.4. The van der Waals surface area contributed by atoms with E-state index in [-0.39, 0.29) is 11.8 Å². The van der Waals surface area contributed by atoms with Crippen molar-refractivity contribution in [1.29, 1.82) is 0 Å². The van der Waals surface area contributed by atoms with Crippen LogP contribution < -0.4 is 10.2 Å². The summed E-state index contributed by atoms with van der Waals surface area (Å²) in [5.74, 6) is -0.151. The number of nitrogens with zero attached hydrogens (tertiary/aromatic N) is 1. The Morgan fingerprint density at radius 2 is 2.04 bits per heavy atom. The summed E-state index contributed by atoms with van der Waals surface area (Å²) in [7, 11) is 0. The third-order valence-corrected chi connectivity index (χ3v) is 5.12. The van der Waals surface area contributed by atoms with E-state index in [0.717, 1.165) is 0 Å². The molecule has 124 valence electrons. The fraction of sp³-hybridized carbons (Fsp3) is 0.529. The second-order valence-corrected chi connectivity index (χ2v) is 6.84. The van der Waals surface area contributed by atoms with E-state index in [1.165, 1.54) is 0 Å². The number of benzene rings is 1. The summed E-state index contributed by atoms with van der Waals surface area (Å²) in [5.41, 5.74) is 0.254. The molecule has 1 atom stereocenters. The van der Waals surface area contributed by atoms with E-state index in [9.17, 15) is 9.59 Å². The molecular formula is C17H21ClN2O3. The predicted molar refractivity (Wildman–Crippen MR) is 88.5 cm³/mol.